The van der Waals surface area contributed by atoms with Gasteiger partial charge < -0.3 is 0 Å². The fraction of sp³-hybridized carbons (Fsp3) is 0.294. The molecule has 4 aromatic carbocycles. The van der Waals surface area contributed by atoms with E-state index in [9.17, 15) is 21.6 Å². The molecule has 0 saturated heterocycles. The molecule has 0 aliphatic heterocycles. The summed E-state index contributed by atoms with van der Waals surface area (Å²) in [7, 11) is -7.55. The van der Waals surface area contributed by atoms with Crippen molar-refractivity contribution in [2.45, 2.75) is 85.1 Å². The highest BCUT2D eigenvalue weighted by atomic mass is 32.3. The van der Waals surface area contributed by atoms with Crippen LogP contribution in [0.1, 0.15) is 81.5 Å². The maximum atomic E-state index is 14.2. The fourth-order valence-electron chi connectivity index (χ4n) is 4.91. The molecule has 0 spiro atoms. The zero-order valence-electron chi connectivity index (χ0n) is 24.6. The summed E-state index contributed by atoms with van der Waals surface area (Å²) in [4.78, 5) is 1.82. The zero-order chi connectivity index (χ0) is 30.9. The molecule has 3 nitrogen and oxygen atoms in total. The third-order valence-electron chi connectivity index (χ3n) is 7.18. The first-order chi connectivity index (χ1) is 19.7. The predicted octanol–water partition coefficient (Wildman–Crippen LogP) is 10.7. The van der Waals surface area contributed by atoms with Crippen molar-refractivity contribution in [2.75, 3.05) is 0 Å². The second-order valence-electron chi connectivity index (χ2n) is 11.2. The Bertz CT molecular complexity index is 1540. The number of rotatable bonds is 9. The average Bonchev–Trinajstić information content (AvgIpc) is 2.95. The van der Waals surface area contributed by atoms with Crippen LogP contribution in [0, 0.1) is 0 Å². The summed E-state index contributed by atoms with van der Waals surface area (Å²) in [6, 6.07) is 26.4. The normalized spacial score (nSPS) is 13.2. The van der Waals surface area contributed by atoms with Gasteiger partial charge in [-0.3, -0.25) is 0 Å². The van der Waals surface area contributed by atoms with E-state index in [0.29, 0.717) is 9.79 Å². The van der Waals surface area contributed by atoms with Crippen molar-refractivity contribution in [3.8, 4) is 0 Å². The van der Waals surface area contributed by atoms with Crippen LogP contribution < -0.4 is 0 Å². The van der Waals surface area contributed by atoms with Crippen molar-refractivity contribution < 1.29 is 25.2 Å². The van der Waals surface area contributed by atoms with E-state index in [1.807, 2.05) is 60.7 Å². The molecule has 224 valence electrons. The lowest BCUT2D eigenvalue weighted by Gasteiger charge is -2.43. The molecule has 42 heavy (non-hydrogen) atoms. The molecule has 0 heterocycles. The van der Waals surface area contributed by atoms with E-state index in [0.717, 1.165) is 45.9 Å². The molecule has 0 aromatic heterocycles. The van der Waals surface area contributed by atoms with Crippen LogP contribution in [0.4, 0.5) is 13.2 Å². The minimum Gasteiger partial charge on any atom is -0.203 e. The van der Waals surface area contributed by atoms with E-state index in [2.05, 4.69) is 53.7 Å². The van der Waals surface area contributed by atoms with E-state index < -0.39 is 32.2 Å². The van der Waals surface area contributed by atoms with Crippen molar-refractivity contribution >= 4 is 20.4 Å². The molecule has 0 amide bonds. The summed E-state index contributed by atoms with van der Waals surface area (Å²) in [5.74, 6) is 0.282. The Hall–Kier alpha value is -3.07. The number of alkyl halides is 3. The number of hydrogen-bond donors (Lipinski definition) is 0. The largest absolute Gasteiger partial charge is 0.416 e. The zero-order valence-corrected chi connectivity index (χ0v) is 26.3. The first-order valence-corrected chi connectivity index (χ1v) is 16.9. The molecule has 0 saturated carbocycles. The van der Waals surface area contributed by atoms with Gasteiger partial charge in [0.2, 0.25) is 0 Å². The van der Waals surface area contributed by atoms with Gasteiger partial charge in [0.05, 0.1) is 10.5 Å². The quantitative estimate of drug-likeness (QED) is 0.188. The number of benzene rings is 4. The molecular formula is C34H37F3O3S2. The van der Waals surface area contributed by atoms with Crippen LogP contribution in [-0.2, 0) is 19.9 Å². The van der Waals surface area contributed by atoms with Crippen molar-refractivity contribution in [1.82, 2.24) is 0 Å². The predicted molar refractivity (Wildman–Crippen MR) is 164 cm³/mol. The van der Waals surface area contributed by atoms with Gasteiger partial charge in [0.15, 0.2) is 0 Å². The molecule has 0 aliphatic carbocycles. The van der Waals surface area contributed by atoms with Crippen molar-refractivity contribution in [1.29, 1.82) is 0 Å². The van der Waals surface area contributed by atoms with Gasteiger partial charge in [-0.1, -0.05) is 90.1 Å². The molecule has 8 heteroatoms. The van der Waals surface area contributed by atoms with Gasteiger partial charge >= 0.3 is 16.3 Å². The average molecular weight is 615 g/mol. The Morgan fingerprint density at radius 3 is 1.38 bits per heavy atom. The van der Waals surface area contributed by atoms with E-state index in [-0.39, 0.29) is 22.6 Å². The van der Waals surface area contributed by atoms with Crippen LogP contribution in [0.2, 0.25) is 0 Å². The smallest absolute Gasteiger partial charge is 0.203 e. The minimum atomic E-state index is -4.59. The summed E-state index contributed by atoms with van der Waals surface area (Å²) in [5.41, 5.74) is 2.18. The second-order valence-corrected chi connectivity index (χ2v) is 15.6. The van der Waals surface area contributed by atoms with Crippen LogP contribution >= 0.6 is 10.3 Å². The van der Waals surface area contributed by atoms with Crippen molar-refractivity contribution in [3.05, 3.63) is 119 Å². The Morgan fingerprint density at radius 2 is 1.02 bits per heavy atom. The number of halogens is 3. The molecule has 0 fully saturated rings. The lowest BCUT2D eigenvalue weighted by Crippen LogP contribution is -2.19. The molecule has 4 aromatic rings. The van der Waals surface area contributed by atoms with Crippen LogP contribution in [0.3, 0.4) is 0 Å². The van der Waals surface area contributed by atoms with Gasteiger partial charge in [0, 0.05) is 14.7 Å². The van der Waals surface area contributed by atoms with E-state index in [4.69, 9.17) is 3.63 Å². The standard InChI is InChI=1S/C34H37F3O3S2/c1-23(2)26-21-31(24(3)4)33(32(22-26)25(5)6)41(28-13-9-7-10-14-28,29-15-11-8-12-16-29)40-42(38,39)30-19-17-27(18-20-30)34(35,36)37/h7-25H,1-6H3. The molecule has 0 aliphatic rings. The highest BCUT2D eigenvalue weighted by molar-refractivity contribution is 8.33. The summed E-state index contributed by atoms with van der Waals surface area (Å²) >= 11 is 0. The fourth-order valence-corrected chi connectivity index (χ4v) is 10.8. The van der Waals surface area contributed by atoms with E-state index in [1.165, 1.54) is 0 Å². The van der Waals surface area contributed by atoms with Crippen molar-refractivity contribution in [3.63, 3.8) is 0 Å². The van der Waals surface area contributed by atoms with Crippen LogP contribution in [0.5, 0.6) is 0 Å². The van der Waals surface area contributed by atoms with E-state index >= 15 is 0 Å². The third-order valence-corrected chi connectivity index (χ3v) is 12.5. The van der Waals surface area contributed by atoms with Gasteiger partial charge in [-0.15, -0.1) is 0 Å². The molecule has 0 atom stereocenters. The molecule has 0 N–H and O–H groups in total. The summed E-state index contributed by atoms with van der Waals surface area (Å²) in [6.07, 6.45) is -4.59. The summed E-state index contributed by atoms with van der Waals surface area (Å²) in [6.45, 7) is 12.6. The maximum Gasteiger partial charge on any atom is 0.416 e. The Kier molecular flexibility index (Phi) is 9.31. The highest BCUT2D eigenvalue weighted by Gasteiger charge is 2.42. The van der Waals surface area contributed by atoms with Gasteiger partial charge in [0.1, 0.15) is 0 Å². The third kappa shape index (κ3) is 6.31. The SMILES string of the molecule is CC(C)c1cc(C(C)C)c(S(OS(=O)(=O)c2ccc(C(F)(F)F)cc2)(c2ccccc2)c2ccccc2)c(C(C)C)c1. The number of hydrogen-bond acceptors (Lipinski definition) is 3. The topological polar surface area (TPSA) is 43.4 Å². The lowest BCUT2D eigenvalue weighted by molar-refractivity contribution is -0.137. The first-order valence-electron chi connectivity index (χ1n) is 13.9. The highest BCUT2D eigenvalue weighted by Crippen LogP contribution is 2.73. The lowest BCUT2D eigenvalue weighted by atomic mass is 9.89. The molecule has 0 unspecified atom stereocenters. The van der Waals surface area contributed by atoms with Gasteiger partial charge in [-0.2, -0.15) is 21.6 Å². The van der Waals surface area contributed by atoms with Gasteiger partial charge in [0.25, 0.3) is 0 Å². The molecular weight excluding hydrogens is 577 g/mol. The Balaban J connectivity index is 2.14. The summed E-state index contributed by atoms with van der Waals surface area (Å²) < 4.78 is 74.8. The van der Waals surface area contributed by atoms with Crippen LogP contribution in [-0.4, -0.2) is 8.42 Å². The minimum absolute atomic E-state index is 0.0212. The second kappa shape index (κ2) is 12.3. The Labute approximate surface area is 249 Å². The summed E-state index contributed by atoms with van der Waals surface area (Å²) in [5, 5.41) is 0. The van der Waals surface area contributed by atoms with E-state index in [1.54, 1.807) is 0 Å². The molecule has 0 radical (unpaired) electrons. The van der Waals surface area contributed by atoms with Gasteiger partial charge in [-0.25, -0.2) is 3.63 Å². The first kappa shape index (κ1) is 31.9. The Morgan fingerprint density at radius 1 is 0.595 bits per heavy atom. The maximum absolute atomic E-state index is 14.2. The van der Waals surface area contributed by atoms with Gasteiger partial charge in [-0.05, 0) is 93.3 Å². The molecule has 0 bridgehead atoms. The van der Waals surface area contributed by atoms with Crippen LogP contribution in [0.15, 0.2) is 117 Å². The monoisotopic (exact) mass is 614 g/mol. The van der Waals surface area contributed by atoms with Crippen molar-refractivity contribution in [2.24, 2.45) is 0 Å². The van der Waals surface area contributed by atoms with Crippen LogP contribution in [0.25, 0.3) is 0 Å². The molecule has 4 rings (SSSR count).